The van der Waals surface area contributed by atoms with Gasteiger partial charge in [-0.05, 0) is 18.1 Å². The van der Waals surface area contributed by atoms with Gasteiger partial charge in [0.25, 0.3) is 0 Å². The summed E-state index contributed by atoms with van der Waals surface area (Å²) >= 11 is 1.37. The summed E-state index contributed by atoms with van der Waals surface area (Å²) in [5.74, 6) is 0.650. The van der Waals surface area contributed by atoms with E-state index in [-0.39, 0.29) is 5.91 Å². The van der Waals surface area contributed by atoms with Crippen molar-refractivity contribution in [2.24, 2.45) is 0 Å². The smallest absolute Gasteiger partial charge is 0.245 e. The number of carbonyl (C=O) groups excluding carboxylic acids is 1. The molecule has 0 aliphatic rings. The summed E-state index contributed by atoms with van der Waals surface area (Å²) in [5, 5.41) is 0.819. The predicted molar refractivity (Wildman–Crippen MR) is 111 cm³/mol. The second kappa shape index (κ2) is 10.5. The maximum atomic E-state index is 11.9. The first-order valence-electron chi connectivity index (χ1n) is 9.30. The molecule has 0 fully saturated rings. The monoisotopic (exact) mass is 396 g/mol. The molecule has 3 rings (SSSR count). The summed E-state index contributed by atoms with van der Waals surface area (Å²) < 4.78 is 4.51. The molecule has 146 valence electrons. The van der Waals surface area contributed by atoms with Crippen LogP contribution < -0.4 is 10.4 Å². The van der Waals surface area contributed by atoms with E-state index in [0.29, 0.717) is 32.5 Å². The summed E-state index contributed by atoms with van der Waals surface area (Å²) in [4.78, 5) is 23.7. The van der Waals surface area contributed by atoms with Crippen molar-refractivity contribution >= 4 is 22.6 Å². The van der Waals surface area contributed by atoms with Crippen molar-refractivity contribution in [1.29, 1.82) is 0 Å². The number of carbonyl (C=O) groups is 1. The van der Waals surface area contributed by atoms with Crippen molar-refractivity contribution in [2.45, 2.75) is 26.3 Å². The maximum Gasteiger partial charge on any atom is 0.245 e. The van der Waals surface area contributed by atoms with Crippen molar-refractivity contribution < 1.29 is 9.63 Å². The fraction of sp³-hybridized carbons (Fsp3) is 0.286. The standard InChI is InChI=1S/C21H24N4O2S/c1-2-27-23-20(26)13-14-25(16-18-11-7-4-8-12-18)21-22-19(24-28-21)15-17-9-5-3-6-10-17/h3-12H,2,13-16H2,1H3,(H,23,26). The number of nitrogens with zero attached hydrogens (tertiary/aromatic N) is 3. The van der Waals surface area contributed by atoms with Gasteiger partial charge in [-0.2, -0.15) is 4.37 Å². The van der Waals surface area contributed by atoms with Crippen LogP contribution in [0.1, 0.15) is 30.3 Å². The van der Waals surface area contributed by atoms with E-state index in [1.165, 1.54) is 17.1 Å². The number of hydroxylamine groups is 1. The Hall–Kier alpha value is -2.77. The summed E-state index contributed by atoms with van der Waals surface area (Å²) in [6.07, 6.45) is 1.02. The number of aromatic nitrogens is 2. The van der Waals surface area contributed by atoms with Gasteiger partial charge < -0.3 is 4.90 Å². The molecule has 0 aliphatic heterocycles. The van der Waals surface area contributed by atoms with Crippen LogP contribution in [0.5, 0.6) is 0 Å². The number of benzene rings is 2. The number of amides is 1. The summed E-state index contributed by atoms with van der Waals surface area (Å²) in [6, 6.07) is 20.3. The third-order valence-electron chi connectivity index (χ3n) is 4.09. The van der Waals surface area contributed by atoms with E-state index in [1.54, 1.807) is 0 Å². The van der Waals surface area contributed by atoms with Gasteiger partial charge in [0.15, 0.2) is 0 Å². The molecular weight excluding hydrogens is 372 g/mol. The van der Waals surface area contributed by atoms with Gasteiger partial charge in [0.05, 0.1) is 6.61 Å². The highest BCUT2D eigenvalue weighted by molar-refractivity contribution is 7.09. The van der Waals surface area contributed by atoms with Crippen molar-refractivity contribution in [3.63, 3.8) is 0 Å². The van der Waals surface area contributed by atoms with Crippen LogP contribution in [0, 0.1) is 0 Å². The maximum absolute atomic E-state index is 11.9. The van der Waals surface area contributed by atoms with E-state index in [0.717, 1.165) is 16.5 Å². The highest BCUT2D eigenvalue weighted by Gasteiger charge is 2.15. The van der Waals surface area contributed by atoms with Crippen LogP contribution in [0.3, 0.4) is 0 Å². The lowest BCUT2D eigenvalue weighted by atomic mass is 10.1. The molecule has 6 nitrogen and oxygen atoms in total. The fourth-order valence-corrected chi connectivity index (χ4v) is 3.42. The van der Waals surface area contributed by atoms with Crippen LogP contribution in [0.4, 0.5) is 5.13 Å². The van der Waals surface area contributed by atoms with E-state index in [9.17, 15) is 4.79 Å². The van der Waals surface area contributed by atoms with Gasteiger partial charge in [0, 0.05) is 37.5 Å². The molecule has 0 saturated heterocycles. The minimum absolute atomic E-state index is 0.145. The van der Waals surface area contributed by atoms with Gasteiger partial charge in [0.1, 0.15) is 5.82 Å². The second-order valence-electron chi connectivity index (χ2n) is 6.27. The van der Waals surface area contributed by atoms with Crippen LogP contribution >= 0.6 is 11.5 Å². The molecule has 0 aliphatic carbocycles. The average molecular weight is 397 g/mol. The van der Waals surface area contributed by atoms with E-state index in [1.807, 2.05) is 43.3 Å². The predicted octanol–water partition coefficient (Wildman–Crippen LogP) is 3.59. The van der Waals surface area contributed by atoms with Gasteiger partial charge in [0.2, 0.25) is 11.0 Å². The van der Waals surface area contributed by atoms with Crippen LogP contribution in [-0.4, -0.2) is 28.4 Å². The molecule has 7 heteroatoms. The molecule has 0 spiro atoms. The molecule has 0 saturated carbocycles. The third kappa shape index (κ3) is 6.14. The summed E-state index contributed by atoms with van der Waals surface area (Å²) in [7, 11) is 0. The van der Waals surface area contributed by atoms with Crippen LogP contribution in [0.2, 0.25) is 0 Å². The Kier molecular flexibility index (Phi) is 7.52. The van der Waals surface area contributed by atoms with Crippen LogP contribution in [0.15, 0.2) is 60.7 Å². The van der Waals surface area contributed by atoms with Crippen LogP contribution in [0.25, 0.3) is 0 Å². The number of hydrogen-bond acceptors (Lipinski definition) is 6. The molecule has 0 bridgehead atoms. The number of anilines is 1. The van der Waals surface area contributed by atoms with E-state index in [2.05, 4.69) is 39.0 Å². The zero-order valence-corrected chi connectivity index (χ0v) is 16.7. The minimum Gasteiger partial charge on any atom is -0.342 e. The highest BCUT2D eigenvalue weighted by Crippen LogP contribution is 2.21. The first-order valence-corrected chi connectivity index (χ1v) is 10.1. The molecule has 1 N–H and O–H groups in total. The zero-order chi connectivity index (χ0) is 19.6. The lowest BCUT2D eigenvalue weighted by molar-refractivity contribution is -0.132. The first kappa shape index (κ1) is 20.0. The third-order valence-corrected chi connectivity index (χ3v) is 4.90. The van der Waals surface area contributed by atoms with Crippen molar-refractivity contribution in [3.05, 3.63) is 77.6 Å². The molecule has 1 aromatic heterocycles. The second-order valence-corrected chi connectivity index (χ2v) is 7.00. The van der Waals surface area contributed by atoms with Gasteiger partial charge in [-0.1, -0.05) is 60.7 Å². The van der Waals surface area contributed by atoms with E-state index in [4.69, 9.17) is 9.82 Å². The minimum atomic E-state index is -0.145. The topological polar surface area (TPSA) is 67.3 Å². The van der Waals surface area contributed by atoms with Gasteiger partial charge in [-0.3, -0.25) is 9.63 Å². The first-order chi connectivity index (χ1) is 13.7. The molecule has 2 aromatic carbocycles. The molecule has 0 unspecified atom stereocenters. The highest BCUT2D eigenvalue weighted by atomic mass is 32.1. The Balaban J connectivity index is 1.69. The van der Waals surface area contributed by atoms with Crippen molar-refractivity contribution in [2.75, 3.05) is 18.1 Å². The van der Waals surface area contributed by atoms with Gasteiger partial charge in [-0.25, -0.2) is 10.5 Å². The molecule has 1 amide bonds. The van der Waals surface area contributed by atoms with E-state index < -0.39 is 0 Å². The number of hydrogen-bond donors (Lipinski definition) is 1. The van der Waals surface area contributed by atoms with Crippen molar-refractivity contribution in [3.8, 4) is 0 Å². The Morgan fingerprint density at radius 1 is 1.07 bits per heavy atom. The lowest BCUT2D eigenvalue weighted by Crippen LogP contribution is -2.30. The van der Waals surface area contributed by atoms with Crippen molar-refractivity contribution in [1.82, 2.24) is 14.8 Å². The molecule has 1 heterocycles. The SMILES string of the molecule is CCONC(=O)CCN(Cc1ccccc1)c1nc(Cc2ccccc2)ns1. The lowest BCUT2D eigenvalue weighted by Gasteiger charge is -2.21. The Bertz CT molecular complexity index is 855. The normalized spacial score (nSPS) is 10.6. The molecule has 28 heavy (non-hydrogen) atoms. The van der Waals surface area contributed by atoms with Gasteiger partial charge in [-0.15, -0.1) is 0 Å². The Morgan fingerprint density at radius 3 is 2.43 bits per heavy atom. The Labute approximate surface area is 169 Å². The molecule has 3 aromatic rings. The zero-order valence-electron chi connectivity index (χ0n) is 15.9. The summed E-state index contributed by atoms with van der Waals surface area (Å²) in [6.45, 7) is 3.48. The molecule has 0 radical (unpaired) electrons. The number of nitrogens with one attached hydrogen (secondary N) is 1. The van der Waals surface area contributed by atoms with Gasteiger partial charge >= 0.3 is 0 Å². The number of rotatable bonds is 10. The molecule has 0 atom stereocenters. The fourth-order valence-electron chi connectivity index (χ4n) is 2.71. The average Bonchev–Trinajstić information content (AvgIpc) is 3.19. The van der Waals surface area contributed by atoms with Crippen LogP contribution in [-0.2, 0) is 22.6 Å². The Morgan fingerprint density at radius 2 is 1.75 bits per heavy atom. The molecular formula is C21H24N4O2S. The van der Waals surface area contributed by atoms with E-state index >= 15 is 0 Å². The summed E-state index contributed by atoms with van der Waals surface area (Å²) in [5.41, 5.74) is 4.78. The quantitative estimate of drug-likeness (QED) is 0.531. The largest absolute Gasteiger partial charge is 0.342 e.